The summed E-state index contributed by atoms with van der Waals surface area (Å²) in [6, 6.07) is -0.454. The molecule has 0 bridgehead atoms. The third kappa shape index (κ3) is 3.90. The molecule has 1 N–H and O–H groups in total. The van der Waals surface area contributed by atoms with E-state index in [4.69, 9.17) is 4.74 Å². The number of hydrogen-bond donors (Lipinski definition) is 1. The van der Waals surface area contributed by atoms with Crippen molar-refractivity contribution in [2.75, 3.05) is 19.6 Å². The monoisotopic (exact) mass is 311 g/mol. The summed E-state index contributed by atoms with van der Waals surface area (Å²) in [5.41, 5.74) is -0.510. The maximum Gasteiger partial charge on any atom is 0.410 e. The minimum Gasteiger partial charge on any atom is -0.444 e. The van der Waals surface area contributed by atoms with Crippen LogP contribution in [-0.2, 0) is 14.3 Å². The molecular formula is C15H25N3O4. The highest BCUT2D eigenvalue weighted by Gasteiger charge is 2.36. The van der Waals surface area contributed by atoms with Gasteiger partial charge in [-0.15, -0.1) is 0 Å². The maximum atomic E-state index is 12.2. The van der Waals surface area contributed by atoms with E-state index >= 15 is 0 Å². The quantitative estimate of drug-likeness (QED) is 0.774. The predicted octanol–water partition coefficient (Wildman–Crippen LogP) is 0.733. The molecule has 1 unspecified atom stereocenters. The Morgan fingerprint density at radius 1 is 1.23 bits per heavy atom. The lowest BCUT2D eigenvalue weighted by Crippen LogP contribution is -2.61. The lowest BCUT2D eigenvalue weighted by atomic mass is 10.0. The fourth-order valence-corrected chi connectivity index (χ4v) is 2.83. The highest BCUT2D eigenvalue weighted by molar-refractivity contribution is 5.94. The van der Waals surface area contributed by atoms with Crippen LogP contribution in [0.1, 0.15) is 40.5 Å². The second-order valence-electron chi connectivity index (χ2n) is 6.95. The Morgan fingerprint density at radius 3 is 2.36 bits per heavy atom. The molecule has 0 aromatic rings. The number of nitrogens with zero attached hydrogens (tertiary/aromatic N) is 2. The molecule has 1 atom stereocenters. The third-order valence-corrected chi connectivity index (χ3v) is 3.90. The first-order chi connectivity index (χ1) is 10.2. The number of carbonyl (C=O) groups excluding carboxylic acids is 3. The van der Waals surface area contributed by atoms with E-state index in [0.717, 1.165) is 0 Å². The van der Waals surface area contributed by atoms with Crippen LogP contribution in [0.3, 0.4) is 0 Å². The fraction of sp³-hybridized carbons (Fsp3) is 0.800. The molecular weight excluding hydrogens is 286 g/mol. The van der Waals surface area contributed by atoms with Crippen molar-refractivity contribution in [3.8, 4) is 0 Å². The van der Waals surface area contributed by atoms with Gasteiger partial charge in [-0.2, -0.15) is 0 Å². The fourth-order valence-electron chi connectivity index (χ4n) is 2.83. The Bertz CT molecular complexity index is 464. The van der Waals surface area contributed by atoms with Crippen molar-refractivity contribution in [3.05, 3.63) is 0 Å². The van der Waals surface area contributed by atoms with Gasteiger partial charge in [0.25, 0.3) is 0 Å². The van der Waals surface area contributed by atoms with Gasteiger partial charge in [0.2, 0.25) is 11.8 Å². The molecule has 0 saturated carbocycles. The second-order valence-corrected chi connectivity index (χ2v) is 6.95. The third-order valence-electron chi connectivity index (χ3n) is 3.90. The Labute approximate surface area is 131 Å². The zero-order valence-electron chi connectivity index (χ0n) is 13.7. The average molecular weight is 311 g/mol. The van der Waals surface area contributed by atoms with Crippen molar-refractivity contribution in [1.82, 2.24) is 15.1 Å². The molecule has 22 heavy (non-hydrogen) atoms. The van der Waals surface area contributed by atoms with Crippen LogP contribution in [0.5, 0.6) is 0 Å². The minimum atomic E-state index is -0.510. The first-order valence-electron chi connectivity index (χ1n) is 7.75. The van der Waals surface area contributed by atoms with Crippen molar-refractivity contribution in [3.63, 3.8) is 0 Å². The smallest absolute Gasteiger partial charge is 0.410 e. The van der Waals surface area contributed by atoms with Crippen LogP contribution in [0.4, 0.5) is 4.79 Å². The number of rotatable bonds is 1. The number of likely N-dealkylation sites (tertiary alicyclic amines) is 1. The molecule has 0 aromatic carbocycles. The summed E-state index contributed by atoms with van der Waals surface area (Å²) in [6.45, 7) is 8.40. The summed E-state index contributed by atoms with van der Waals surface area (Å²) in [5.74, 6) is -0.169. The van der Waals surface area contributed by atoms with Crippen LogP contribution >= 0.6 is 0 Å². The van der Waals surface area contributed by atoms with E-state index < -0.39 is 11.6 Å². The summed E-state index contributed by atoms with van der Waals surface area (Å²) >= 11 is 0. The zero-order valence-corrected chi connectivity index (χ0v) is 13.7. The SMILES string of the molecule is CC1NC(=O)CN(C2CCN(C(=O)OC(C)(C)C)CC2)C1=O. The van der Waals surface area contributed by atoms with Crippen LogP contribution in [0.15, 0.2) is 0 Å². The van der Waals surface area contributed by atoms with Gasteiger partial charge in [-0.3, -0.25) is 9.59 Å². The van der Waals surface area contributed by atoms with Crippen LogP contribution in [0.2, 0.25) is 0 Å². The van der Waals surface area contributed by atoms with Crippen LogP contribution < -0.4 is 5.32 Å². The van der Waals surface area contributed by atoms with E-state index in [-0.39, 0.29) is 30.5 Å². The van der Waals surface area contributed by atoms with Gasteiger partial charge in [0, 0.05) is 19.1 Å². The van der Waals surface area contributed by atoms with Crippen molar-refractivity contribution in [2.24, 2.45) is 0 Å². The molecule has 3 amide bonds. The van der Waals surface area contributed by atoms with Gasteiger partial charge in [0.05, 0.1) is 6.54 Å². The van der Waals surface area contributed by atoms with E-state index in [0.29, 0.717) is 25.9 Å². The molecule has 2 saturated heterocycles. The standard InChI is InChI=1S/C15H25N3O4/c1-10-13(20)18(9-12(19)16-10)11-5-7-17(8-6-11)14(21)22-15(2,3)4/h10-11H,5-9H2,1-4H3,(H,16,19). The summed E-state index contributed by atoms with van der Waals surface area (Å²) in [7, 11) is 0. The number of hydrogen-bond acceptors (Lipinski definition) is 4. The van der Waals surface area contributed by atoms with Gasteiger partial charge in [0.15, 0.2) is 0 Å². The van der Waals surface area contributed by atoms with E-state index in [1.165, 1.54) is 0 Å². The van der Waals surface area contributed by atoms with Gasteiger partial charge in [0.1, 0.15) is 11.6 Å². The molecule has 7 heteroatoms. The molecule has 2 aliphatic heterocycles. The van der Waals surface area contributed by atoms with Crippen LogP contribution in [-0.4, -0.2) is 65.0 Å². The van der Waals surface area contributed by atoms with Gasteiger partial charge < -0.3 is 19.9 Å². The van der Waals surface area contributed by atoms with E-state index in [2.05, 4.69) is 5.32 Å². The number of amides is 3. The first kappa shape index (κ1) is 16.6. The van der Waals surface area contributed by atoms with Gasteiger partial charge in [-0.25, -0.2) is 4.79 Å². The highest BCUT2D eigenvalue weighted by Crippen LogP contribution is 2.21. The van der Waals surface area contributed by atoms with E-state index in [1.54, 1.807) is 16.7 Å². The molecule has 2 heterocycles. The molecule has 2 aliphatic rings. The molecule has 2 fully saturated rings. The largest absolute Gasteiger partial charge is 0.444 e. The number of carbonyl (C=O) groups is 3. The van der Waals surface area contributed by atoms with Gasteiger partial charge in [-0.05, 0) is 40.5 Å². The van der Waals surface area contributed by atoms with Gasteiger partial charge >= 0.3 is 6.09 Å². The summed E-state index contributed by atoms with van der Waals surface area (Å²) in [6.07, 6.45) is 1.03. The Morgan fingerprint density at radius 2 is 1.82 bits per heavy atom. The van der Waals surface area contributed by atoms with Crippen molar-refractivity contribution >= 4 is 17.9 Å². The topological polar surface area (TPSA) is 79.0 Å². The number of ether oxygens (including phenoxy) is 1. The van der Waals surface area contributed by atoms with Crippen LogP contribution in [0, 0.1) is 0 Å². The number of piperidine rings is 1. The van der Waals surface area contributed by atoms with Gasteiger partial charge in [-0.1, -0.05) is 0 Å². The average Bonchev–Trinajstić information content (AvgIpc) is 2.41. The Kier molecular flexibility index (Phi) is 4.63. The van der Waals surface area contributed by atoms with Crippen molar-refractivity contribution in [1.29, 1.82) is 0 Å². The molecule has 2 rings (SSSR count). The molecule has 0 radical (unpaired) electrons. The van der Waals surface area contributed by atoms with Crippen LogP contribution in [0.25, 0.3) is 0 Å². The summed E-state index contributed by atoms with van der Waals surface area (Å²) < 4.78 is 5.36. The maximum absolute atomic E-state index is 12.2. The molecule has 0 spiro atoms. The number of nitrogens with one attached hydrogen (secondary N) is 1. The Balaban J connectivity index is 1.90. The molecule has 0 aromatic heterocycles. The molecule has 7 nitrogen and oxygen atoms in total. The van der Waals surface area contributed by atoms with Crippen molar-refractivity contribution < 1.29 is 19.1 Å². The minimum absolute atomic E-state index is 0.0136. The van der Waals surface area contributed by atoms with Crippen molar-refractivity contribution in [2.45, 2.75) is 58.2 Å². The first-order valence-corrected chi connectivity index (χ1v) is 7.75. The zero-order chi connectivity index (χ0) is 16.5. The van der Waals surface area contributed by atoms with E-state index in [9.17, 15) is 14.4 Å². The highest BCUT2D eigenvalue weighted by atomic mass is 16.6. The lowest BCUT2D eigenvalue weighted by molar-refractivity contribution is -0.147. The number of piperazine rings is 1. The van der Waals surface area contributed by atoms with E-state index in [1.807, 2.05) is 20.8 Å². The second kappa shape index (κ2) is 6.14. The lowest BCUT2D eigenvalue weighted by Gasteiger charge is -2.41. The molecule has 0 aliphatic carbocycles. The summed E-state index contributed by atoms with van der Waals surface area (Å²) in [4.78, 5) is 39.1. The molecule has 124 valence electrons. The Hall–Kier alpha value is -1.79. The predicted molar refractivity (Wildman–Crippen MR) is 80.1 cm³/mol. The normalized spacial score (nSPS) is 24.3. The summed E-state index contributed by atoms with van der Waals surface area (Å²) in [5, 5.41) is 2.64.